The molecule has 4 heteroatoms. The van der Waals surface area contributed by atoms with E-state index < -0.39 is 6.10 Å². The van der Waals surface area contributed by atoms with Crippen molar-refractivity contribution in [3.05, 3.63) is 35.9 Å². The van der Waals surface area contributed by atoms with E-state index >= 15 is 0 Å². The topological polar surface area (TPSA) is 50.7 Å². The summed E-state index contributed by atoms with van der Waals surface area (Å²) in [6.45, 7) is 3.29. The Morgan fingerprint density at radius 3 is 2.94 bits per heavy atom. The van der Waals surface area contributed by atoms with Gasteiger partial charge in [0.2, 0.25) is 0 Å². The molecule has 1 aromatic rings. The Morgan fingerprint density at radius 1 is 1.41 bits per heavy atom. The summed E-state index contributed by atoms with van der Waals surface area (Å²) >= 11 is 0. The Labute approximate surface area is 102 Å². The summed E-state index contributed by atoms with van der Waals surface area (Å²) in [5.41, 5.74) is 0.884. The molecule has 4 nitrogen and oxygen atoms in total. The lowest BCUT2D eigenvalue weighted by atomic mass is 10.1. The first kappa shape index (κ1) is 12.5. The van der Waals surface area contributed by atoms with Crippen LogP contribution < -0.4 is 5.32 Å². The van der Waals surface area contributed by atoms with E-state index in [9.17, 15) is 5.11 Å². The van der Waals surface area contributed by atoms with Crippen LogP contribution in [-0.4, -0.2) is 44.1 Å². The molecule has 0 radical (unpaired) electrons. The van der Waals surface area contributed by atoms with Gasteiger partial charge in [-0.25, -0.2) is 0 Å². The number of morpholine rings is 1. The fraction of sp³-hybridized carbons (Fsp3) is 0.538. The van der Waals surface area contributed by atoms with Gasteiger partial charge in [0, 0.05) is 13.1 Å². The van der Waals surface area contributed by atoms with Crippen LogP contribution in [0.1, 0.15) is 11.7 Å². The third-order valence-electron chi connectivity index (χ3n) is 2.77. The standard InChI is InChI=1S/C13H19NO3/c15-13(11-4-2-1-3-5-11)10-16-9-12-8-14-6-7-17-12/h1-5,12-15H,6-10H2. The van der Waals surface area contributed by atoms with E-state index in [1.807, 2.05) is 30.3 Å². The molecular formula is C13H19NO3. The van der Waals surface area contributed by atoms with Gasteiger partial charge >= 0.3 is 0 Å². The van der Waals surface area contributed by atoms with Gasteiger partial charge in [0.05, 0.1) is 25.9 Å². The maximum Gasteiger partial charge on any atom is 0.102 e. The summed E-state index contributed by atoms with van der Waals surface area (Å²) in [6, 6.07) is 9.54. The SMILES string of the molecule is OC(COCC1CNCCO1)c1ccccc1. The van der Waals surface area contributed by atoms with Crippen LogP contribution in [0.2, 0.25) is 0 Å². The minimum Gasteiger partial charge on any atom is -0.386 e. The molecule has 1 aliphatic rings. The summed E-state index contributed by atoms with van der Waals surface area (Å²) in [5, 5.41) is 13.1. The number of benzene rings is 1. The Bertz CT molecular complexity index is 312. The van der Waals surface area contributed by atoms with Crippen molar-refractivity contribution in [2.45, 2.75) is 12.2 Å². The van der Waals surface area contributed by atoms with Crippen molar-refractivity contribution in [1.29, 1.82) is 0 Å². The van der Waals surface area contributed by atoms with Crippen LogP contribution in [0.3, 0.4) is 0 Å². The third kappa shape index (κ3) is 4.09. The Hall–Kier alpha value is -0.940. The molecule has 0 spiro atoms. The second-order valence-corrected chi connectivity index (χ2v) is 4.16. The van der Waals surface area contributed by atoms with Crippen molar-refractivity contribution in [3.8, 4) is 0 Å². The van der Waals surface area contributed by atoms with Crippen molar-refractivity contribution in [3.63, 3.8) is 0 Å². The van der Waals surface area contributed by atoms with Gasteiger partial charge in [-0.15, -0.1) is 0 Å². The van der Waals surface area contributed by atoms with E-state index in [1.165, 1.54) is 0 Å². The molecule has 17 heavy (non-hydrogen) atoms. The number of ether oxygens (including phenoxy) is 2. The Balaban J connectivity index is 1.67. The summed E-state index contributed by atoms with van der Waals surface area (Å²) < 4.78 is 11.0. The number of aliphatic hydroxyl groups is 1. The number of hydrogen-bond donors (Lipinski definition) is 2. The molecule has 2 N–H and O–H groups in total. The molecule has 2 unspecified atom stereocenters. The van der Waals surface area contributed by atoms with Crippen LogP contribution >= 0.6 is 0 Å². The Morgan fingerprint density at radius 2 is 2.24 bits per heavy atom. The van der Waals surface area contributed by atoms with Crippen LogP contribution in [0, 0.1) is 0 Å². The van der Waals surface area contributed by atoms with Crippen LogP contribution in [0.15, 0.2) is 30.3 Å². The van der Waals surface area contributed by atoms with E-state index in [0.717, 1.165) is 25.3 Å². The normalized spacial score (nSPS) is 22.3. The molecule has 94 valence electrons. The number of aliphatic hydroxyl groups excluding tert-OH is 1. The molecule has 1 heterocycles. The fourth-order valence-corrected chi connectivity index (χ4v) is 1.81. The predicted molar refractivity (Wildman–Crippen MR) is 64.8 cm³/mol. The van der Waals surface area contributed by atoms with E-state index in [2.05, 4.69) is 5.32 Å². The molecule has 2 atom stereocenters. The maximum atomic E-state index is 9.87. The first-order chi connectivity index (χ1) is 8.36. The number of hydrogen-bond acceptors (Lipinski definition) is 4. The molecule has 0 aromatic heterocycles. The highest BCUT2D eigenvalue weighted by Crippen LogP contribution is 2.12. The van der Waals surface area contributed by atoms with E-state index in [4.69, 9.17) is 9.47 Å². The third-order valence-corrected chi connectivity index (χ3v) is 2.77. The second kappa shape index (κ2) is 6.71. The molecule has 0 amide bonds. The number of rotatable bonds is 5. The summed E-state index contributed by atoms with van der Waals surface area (Å²) in [6.07, 6.45) is -0.459. The molecule has 2 rings (SSSR count). The zero-order valence-electron chi connectivity index (χ0n) is 9.84. The molecule has 1 saturated heterocycles. The van der Waals surface area contributed by atoms with Gasteiger partial charge in [-0.1, -0.05) is 30.3 Å². The van der Waals surface area contributed by atoms with Crippen molar-refractivity contribution in [1.82, 2.24) is 5.32 Å². The second-order valence-electron chi connectivity index (χ2n) is 4.16. The van der Waals surface area contributed by atoms with E-state index in [-0.39, 0.29) is 6.10 Å². The molecule has 1 aliphatic heterocycles. The van der Waals surface area contributed by atoms with Gasteiger partial charge in [-0.3, -0.25) is 0 Å². The molecular weight excluding hydrogens is 218 g/mol. The van der Waals surface area contributed by atoms with Gasteiger partial charge < -0.3 is 19.9 Å². The smallest absolute Gasteiger partial charge is 0.102 e. The Kier molecular flexibility index (Phi) is 4.94. The lowest BCUT2D eigenvalue weighted by Crippen LogP contribution is -2.41. The van der Waals surface area contributed by atoms with Crippen molar-refractivity contribution in [2.24, 2.45) is 0 Å². The van der Waals surface area contributed by atoms with Crippen LogP contribution in [0.5, 0.6) is 0 Å². The molecule has 0 saturated carbocycles. The lowest BCUT2D eigenvalue weighted by Gasteiger charge is -2.23. The first-order valence-electron chi connectivity index (χ1n) is 5.99. The summed E-state index contributed by atoms with van der Waals surface area (Å²) in [4.78, 5) is 0. The van der Waals surface area contributed by atoms with Gasteiger partial charge in [0.15, 0.2) is 0 Å². The lowest BCUT2D eigenvalue weighted by molar-refractivity contribution is -0.0501. The predicted octanol–water partition coefficient (Wildman–Crippen LogP) is 0.725. The van der Waals surface area contributed by atoms with Crippen molar-refractivity contribution < 1.29 is 14.6 Å². The van der Waals surface area contributed by atoms with Gasteiger partial charge in [0.1, 0.15) is 6.10 Å². The van der Waals surface area contributed by atoms with Gasteiger partial charge in [0.25, 0.3) is 0 Å². The van der Waals surface area contributed by atoms with Crippen LogP contribution in [-0.2, 0) is 9.47 Å². The van der Waals surface area contributed by atoms with Crippen molar-refractivity contribution in [2.75, 3.05) is 32.9 Å². The molecule has 0 bridgehead atoms. The zero-order valence-corrected chi connectivity index (χ0v) is 9.84. The molecule has 1 aromatic carbocycles. The average Bonchev–Trinajstić information content (AvgIpc) is 2.41. The maximum absolute atomic E-state index is 9.87. The fourth-order valence-electron chi connectivity index (χ4n) is 1.81. The largest absolute Gasteiger partial charge is 0.386 e. The monoisotopic (exact) mass is 237 g/mol. The van der Waals surface area contributed by atoms with Gasteiger partial charge in [-0.05, 0) is 5.56 Å². The highest BCUT2D eigenvalue weighted by atomic mass is 16.5. The van der Waals surface area contributed by atoms with Crippen molar-refractivity contribution >= 4 is 0 Å². The molecule has 1 fully saturated rings. The van der Waals surface area contributed by atoms with E-state index in [1.54, 1.807) is 0 Å². The first-order valence-corrected chi connectivity index (χ1v) is 5.99. The van der Waals surface area contributed by atoms with Gasteiger partial charge in [-0.2, -0.15) is 0 Å². The molecule has 0 aliphatic carbocycles. The summed E-state index contributed by atoms with van der Waals surface area (Å²) in [5.74, 6) is 0. The highest BCUT2D eigenvalue weighted by molar-refractivity contribution is 5.17. The quantitative estimate of drug-likeness (QED) is 0.792. The van der Waals surface area contributed by atoms with E-state index in [0.29, 0.717) is 13.2 Å². The minimum atomic E-state index is -0.562. The summed E-state index contributed by atoms with van der Waals surface area (Å²) in [7, 11) is 0. The minimum absolute atomic E-state index is 0.103. The average molecular weight is 237 g/mol. The highest BCUT2D eigenvalue weighted by Gasteiger charge is 2.14. The zero-order chi connectivity index (χ0) is 11.9. The van der Waals surface area contributed by atoms with Crippen LogP contribution in [0.25, 0.3) is 0 Å². The number of nitrogens with one attached hydrogen (secondary N) is 1. The van der Waals surface area contributed by atoms with Crippen LogP contribution in [0.4, 0.5) is 0 Å².